The first kappa shape index (κ1) is 26.7. The second-order valence-corrected chi connectivity index (χ2v) is 7.53. The van der Waals surface area contributed by atoms with Crippen molar-refractivity contribution in [3.8, 4) is 23.0 Å². The molecule has 1 heterocycles. The molecule has 0 radical (unpaired) electrons. The van der Waals surface area contributed by atoms with Crippen LogP contribution in [0.1, 0.15) is 11.1 Å². The highest BCUT2D eigenvalue weighted by atomic mass is 16.5. The van der Waals surface area contributed by atoms with Crippen molar-refractivity contribution in [1.29, 1.82) is 0 Å². The zero-order valence-electron chi connectivity index (χ0n) is 19.9. The molecular weight excluding hydrogens is 444 g/mol. The van der Waals surface area contributed by atoms with Gasteiger partial charge >= 0.3 is 11.9 Å². The molecule has 1 aliphatic rings. The molecule has 0 spiro atoms. The van der Waals surface area contributed by atoms with Crippen LogP contribution in [0.25, 0.3) is 0 Å². The van der Waals surface area contributed by atoms with Crippen molar-refractivity contribution in [2.24, 2.45) is 0 Å². The van der Waals surface area contributed by atoms with Crippen LogP contribution in [-0.4, -0.2) is 86.6 Å². The molecule has 2 aromatic carbocycles. The number of piperazine rings is 1. The lowest BCUT2D eigenvalue weighted by Gasteiger charge is -2.35. The fourth-order valence-electron chi connectivity index (χ4n) is 3.55. The molecule has 1 aliphatic heterocycles. The highest BCUT2D eigenvalue weighted by Gasteiger charge is 2.20. The first-order chi connectivity index (χ1) is 16.3. The number of carboxylic acid groups (broad SMARTS) is 2. The topological polar surface area (TPSA) is 118 Å². The molecule has 0 unspecified atom stereocenters. The Morgan fingerprint density at radius 1 is 0.706 bits per heavy atom. The maximum absolute atomic E-state index is 9.10. The van der Waals surface area contributed by atoms with E-state index in [2.05, 4.69) is 21.9 Å². The molecule has 0 bridgehead atoms. The fraction of sp³-hybridized carbons (Fsp3) is 0.417. The van der Waals surface area contributed by atoms with E-state index in [-0.39, 0.29) is 0 Å². The molecule has 0 aromatic heterocycles. The predicted molar refractivity (Wildman–Crippen MR) is 125 cm³/mol. The van der Waals surface area contributed by atoms with Gasteiger partial charge in [0, 0.05) is 50.9 Å². The SMILES string of the molecule is COc1ccc(CN2CCN(Cc3cc(OC)c(OC)cc3OC)CC2)cc1.O=C(O)C(=O)O. The zero-order chi connectivity index (χ0) is 25.1. The Balaban J connectivity index is 0.000000604. The zero-order valence-corrected chi connectivity index (χ0v) is 19.9. The summed E-state index contributed by atoms with van der Waals surface area (Å²) in [6.45, 7) is 5.93. The minimum Gasteiger partial charge on any atom is -0.497 e. The third-order valence-electron chi connectivity index (χ3n) is 5.39. The van der Waals surface area contributed by atoms with E-state index < -0.39 is 11.9 Å². The fourth-order valence-corrected chi connectivity index (χ4v) is 3.55. The van der Waals surface area contributed by atoms with Crippen LogP contribution >= 0.6 is 0 Å². The Morgan fingerprint density at radius 3 is 1.62 bits per heavy atom. The highest BCUT2D eigenvalue weighted by Crippen LogP contribution is 2.35. The molecule has 2 N–H and O–H groups in total. The summed E-state index contributed by atoms with van der Waals surface area (Å²) in [4.78, 5) is 23.1. The van der Waals surface area contributed by atoms with E-state index in [1.165, 1.54) is 5.56 Å². The Hall–Kier alpha value is -3.50. The first-order valence-electron chi connectivity index (χ1n) is 10.6. The number of nitrogens with zero attached hydrogens (tertiary/aromatic N) is 2. The summed E-state index contributed by atoms with van der Waals surface area (Å²) in [6, 6.07) is 12.2. The van der Waals surface area contributed by atoms with Gasteiger partial charge in [-0.25, -0.2) is 9.59 Å². The Morgan fingerprint density at radius 2 is 1.18 bits per heavy atom. The van der Waals surface area contributed by atoms with Crippen LogP contribution in [0.2, 0.25) is 0 Å². The number of carbonyl (C=O) groups is 2. The summed E-state index contributed by atoms with van der Waals surface area (Å²) in [6.07, 6.45) is 0. The van der Waals surface area contributed by atoms with Crippen molar-refractivity contribution in [3.63, 3.8) is 0 Å². The molecule has 10 heteroatoms. The van der Waals surface area contributed by atoms with E-state index in [1.54, 1.807) is 28.4 Å². The van der Waals surface area contributed by atoms with E-state index in [9.17, 15) is 0 Å². The molecule has 0 amide bonds. The minimum absolute atomic E-state index is 0.687. The Bertz CT molecular complexity index is 929. The van der Waals surface area contributed by atoms with Crippen molar-refractivity contribution in [3.05, 3.63) is 47.5 Å². The molecule has 0 aliphatic carbocycles. The normalized spacial score (nSPS) is 13.9. The number of aliphatic carboxylic acids is 2. The second-order valence-electron chi connectivity index (χ2n) is 7.53. The lowest BCUT2D eigenvalue weighted by atomic mass is 10.1. The maximum atomic E-state index is 9.10. The molecule has 34 heavy (non-hydrogen) atoms. The molecule has 10 nitrogen and oxygen atoms in total. The lowest BCUT2D eigenvalue weighted by molar-refractivity contribution is -0.159. The van der Waals surface area contributed by atoms with Gasteiger partial charge in [-0.2, -0.15) is 0 Å². The van der Waals surface area contributed by atoms with Gasteiger partial charge in [0.2, 0.25) is 0 Å². The Kier molecular flexibility index (Phi) is 10.4. The average molecular weight is 477 g/mol. The summed E-state index contributed by atoms with van der Waals surface area (Å²) in [5, 5.41) is 14.8. The number of carboxylic acids is 2. The van der Waals surface area contributed by atoms with E-state index in [0.717, 1.165) is 62.1 Å². The summed E-state index contributed by atoms with van der Waals surface area (Å²) < 4.78 is 21.6. The summed E-state index contributed by atoms with van der Waals surface area (Å²) in [7, 11) is 6.68. The smallest absolute Gasteiger partial charge is 0.414 e. The lowest BCUT2D eigenvalue weighted by Crippen LogP contribution is -2.45. The van der Waals surface area contributed by atoms with Crippen molar-refractivity contribution in [2.75, 3.05) is 54.6 Å². The van der Waals surface area contributed by atoms with Gasteiger partial charge in [-0.05, 0) is 23.8 Å². The van der Waals surface area contributed by atoms with E-state index >= 15 is 0 Å². The monoisotopic (exact) mass is 476 g/mol. The van der Waals surface area contributed by atoms with Gasteiger partial charge in [-0.3, -0.25) is 9.80 Å². The number of rotatable bonds is 8. The van der Waals surface area contributed by atoms with Crippen molar-refractivity contribution in [1.82, 2.24) is 9.80 Å². The van der Waals surface area contributed by atoms with Gasteiger partial charge in [-0.1, -0.05) is 12.1 Å². The van der Waals surface area contributed by atoms with Crippen LogP contribution in [0.15, 0.2) is 36.4 Å². The third-order valence-corrected chi connectivity index (χ3v) is 5.39. The first-order valence-corrected chi connectivity index (χ1v) is 10.6. The van der Waals surface area contributed by atoms with Crippen LogP contribution in [0.3, 0.4) is 0 Å². The molecule has 0 atom stereocenters. The largest absolute Gasteiger partial charge is 0.497 e. The van der Waals surface area contributed by atoms with Gasteiger partial charge in [-0.15, -0.1) is 0 Å². The molecule has 1 fully saturated rings. The quantitative estimate of drug-likeness (QED) is 0.549. The van der Waals surface area contributed by atoms with Gasteiger partial charge in [0.05, 0.1) is 28.4 Å². The van der Waals surface area contributed by atoms with E-state index in [4.69, 9.17) is 38.7 Å². The minimum atomic E-state index is -1.82. The van der Waals surface area contributed by atoms with Crippen LogP contribution in [0.5, 0.6) is 23.0 Å². The second kappa shape index (κ2) is 13.3. The summed E-state index contributed by atoms with van der Waals surface area (Å²) >= 11 is 0. The van der Waals surface area contributed by atoms with Crippen LogP contribution in [0.4, 0.5) is 0 Å². The van der Waals surface area contributed by atoms with Gasteiger partial charge in [0.25, 0.3) is 0 Å². The average Bonchev–Trinajstić information content (AvgIpc) is 2.85. The number of hydrogen-bond acceptors (Lipinski definition) is 8. The standard InChI is InChI=1S/C22H30N2O4.C2H2O4/c1-25-19-7-5-17(6-8-19)15-23-9-11-24(12-10-23)16-18-13-21(27-3)22(28-4)14-20(18)26-2;3-1(4)2(5)6/h5-8,13-14H,9-12,15-16H2,1-4H3;(H,3,4)(H,5,6). The summed E-state index contributed by atoms with van der Waals surface area (Å²) in [5.74, 6) is -0.496. The van der Waals surface area contributed by atoms with Crippen LogP contribution in [-0.2, 0) is 22.7 Å². The number of hydrogen-bond donors (Lipinski definition) is 2. The highest BCUT2D eigenvalue weighted by molar-refractivity contribution is 6.27. The molecule has 1 saturated heterocycles. The number of methoxy groups -OCH3 is 4. The van der Waals surface area contributed by atoms with Crippen molar-refractivity contribution >= 4 is 11.9 Å². The third kappa shape index (κ3) is 7.82. The van der Waals surface area contributed by atoms with Crippen LogP contribution in [0, 0.1) is 0 Å². The summed E-state index contributed by atoms with van der Waals surface area (Å²) in [5.41, 5.74) is 2.43. The number of ether oxygens (including phenoxy) is 4. The van der Waals surface area contributed by atoms with Crippen molar-refractivity contribution < 1.29 is 38.7 Å². The van der Waals surface area contributed by atoms with Gasteiger partial charge in [0.1, 0.15) is 11.5 Å². The van der Waals surface area contributed by atoms with Crippen molar-refractivity contribution in [2.45, 2.75) is 13.1 Å². The molecule has 0 saturated carbocycles. The van der Waals surface area contributed by atoms with E-state index in [0.29, 0.717) is 5.75 Å². The number of benzene rings is 2. The molecule has 2 aromatic rings. The molecule has 3 rings (SSSR count). The molecule has 186 valence electrons. The molecular formula is C24H32N2O8. The maximum Gasteiger partial charge on any atom is 0.414 e. The van der Waals surface area contributed by atoms with Gasteiger partial charge in [0.15, 0.2) is 11.5 Å². The van der Waals surface area contributed by atoms with Crippen LogP contribution < -0.4 is 18.9 Å². The predicted octanol–water partition coefficient (Wildman–Crippen LogP) is 2.19. The van der Waals surface area contributed by atoms with E-state index in [1.807, 2.05) is 24.3 Å². The Labute approximate surface area is 199 Å². The van der Waals surface area contributed by atoms with Gasteiger partial charge < -0.3 is 29.2 Å².